The Hall–Kier alpha value is -2.28. The fourth-order valence-corrected chi connectivity index (χ4v) is 2.87. The number of aliphatic carboxylic acids is 1. The monoisotopic (exact) mass is 393 g/mol. The second-order valence-corrected chi connectivity index (χ2v) is 6.69. The van der Waals surface area contributed by atoms with Gasteiger partial charge in [-0.15, -0.1) is 0 Å². The van der Waals surface area contributed by atoms with Gasteiger partial charge in [0.25, 0.3) is 0 Å². The summed E-state index contributed by atoms with van der Waals surface area (Å²) in [4.78, 5) is 10.6. The lowest BCUT2D eigenvalue weighted by Crippen LogP contribution is -2.32. The second-order valence-electron chi connectivity index (χ2n) is 6.25. The molecule has 2 atom stereocenters. The van der Waals surface area contributed by atoms with Gasteiger partial charge in [0.05, 0.1) is 13.2 Å². The Morgan fingerprint density at radius 3 is 2.67 bits per heavy atom. The van der Waals surface area contributed by atoms with Crippen molar-refractivity contribution in [1.29, 1.82) is 0 Å². The standard InChI is InChI=1S/C20H24ClNO5/c1-13(22-11-17(23)15-4-3-5-16(21)10-15)8-14-6-7-18(19(9-14)26-2)27-12-20(24)25/h3-7,9-10,13,17,22-23H,8,11-12H2,1-2H3,(H,24,25). The summed E-state index contributed by atoms with van der Waals surface area (Å²) >= 11 is 5.95. The second kappa shape index (κ2) is 10.2. The number of hydrogen-bond donors (Lipinski definition) is 3. The molecule has 0 aliphatic heterocycles. The minimum Gasteiger partial charge on any atom is -0.493 e. The topological polar surface area (TPSA) is 88.0 Å². The van der Waals surface area contributed by atoms with Crippen molar-refractivity contribution >= 4 is 17.6 Å². The smallest absolute Gasteiger partial charge is 0.341 e. The molecule has 0 aliphatic carbocycles. The van der Waals surface area contributed by atoms with E-state index in [2.05, 4.69) is 5.32 Å². The Balaban J connectivity index is 1.91. The molecule has 0 bridgehead atoms. The average molecular weight is 394 g/mol. The van der Waals surface area contributed by atoms with Crippen molar-refractivity contribution in [3.05, 3.63) is 58.6 Å². The van der Waals surface area contributed by atoms with E-state index in [0.717, 1.165) is 11.1 Å². The zero-order chi connectivity index (χ0) is 19.8. The highest BCUT2D eigenvalue weighted by molar-refractivity contribution is 6.30. The van der Waals surface area contributed by atoms with Gasteiger partial charge in [-0.3, -0.25) is 0 Å². The molecule has 0 heterocycles. The van der Waals surface area contributed by atoms with Gasteiger partial charge in [-0.05, 0) is 48.7 Å². The van der Waals surface area contributed by atoms with Gasteiger partial charge in [0.1, 0.15) is 0 Å². The summed E-state index contributed by atoms with van der Waals surface area (Å²) in [5.41, 5.74) is 1.77. The molecule has 0 aromatic heterocycles. The number of methoxy groups -OCH3 is 1. The third kappa shape index (κ3) is 6.75. The predicted molar refractivity (Wildman–Crippen MR) is 104 cm³/mol. The molecule has 146 valence electrons. The van der Waals surface area contributed by atoms with E-state index < -0.39 is 18.7 Å². The van der Waals surface area contributed by atoms with Crippen LogP contribution in [0.25, 0.3) is 0 Å². The van der Waals surface area contributed by atoms with Crippen LogP contribution in [0.3, 0.4) is 0 Å². The van der Waals surface area contributed by atoms with Crippen molar-refractivity contribution in [1.82, 2.24) is 5.32 Å². The molecule has 0 radical (unpaired) electrons. The van der Waals surface area contributed by atoms with Gasteiger partial charge in [0, 0.05) is 17.6 Å². The van der Waals surface area contributed by atoms with Crippen LogP contribution in [0.15, 0.2) is 42.5 Å². The Labute approximate surface area is 163 Å². The van der Waals surface area contributed by atoms with Crippen LogP contribution in [-0.4, -0.2) is 42.5 Å². The summed E-state index contributed by atoms with van der Waals surface area (Å²) < 4.78 is 10.5. The first kappa shape index (κ1) is 21.0. The van der Waals surface area contributed by atoms with E-state index in [9.17, 15) is 9.90 Å². The number of carboxylic acid groups (broad SMARTS) is 1. The number of ether oxygens (including phenoxy) is 2. The van der Waals surface area contributed by atoms with Crippen LogP contribution in [-0.2, 0) is 11.2 Å². The number of aliphatic hydroxyl groups excluding tert-OH is 1. The molecule has 6 nitrogen and oxygen atoms in total. The number of carboxylic acids is 1. The third-order valence-corrected chi connectivity index (χ3v) is 4.25. The first-order valence-electron chi connectivity index (χ1n) is 8.57. The lowest BCUT2D eigenvalue weighted by molar-refractivity contribution is -0.139. The normalized spacial score (nSPS) is 13.0. The highest BCUT2D eigenvalue weighted by atomic mass is 35.5. The molecule has 0 spiro atoms. The minimum absolute atomic E-state index is 0.106. The lowest BCUT2D eigenvalue weighted by Gasteiger charge is -2.18. The van der Waals surface area contributed by atoms with E-state index in [1.807, 2.05) is 31.2 Å². The molecule has 3 N–H and O–H groups in total. The van der Waals surface area contributed by atoms with E-state index >= 15 is 0 Å². The van der Waals surface area contributed by atoms with Gasteiger partial charge in [0.15, 0.2) is 18.1 Å². The van der Waals surface area contributed by atoms with Crippen molar-refractivity contribution < 1.29 is 24.5 Å². The Bertz CT molecular complexity index is 768. The van der Waals surface area contributed by atoms with Crippen LogP contribution in [0.4, 0.5) is 0 Å². The summed E-state index contributed by atoms with van der Waals surface area (Å²) in [7, 11) is 1.51. The highest BCUT2D eigenvalue weighted by Crippen LogP contribution is 2.28. The molecular weight excluding hydrogens is 370 g/mol. The van der Waals surface area contributed by atoms with Crippen LogP contribution < -0.4 is 14.8 Å². The van der Waals surface area contributed by atoms with Crippen LogP contribution in [0.1, 0.15) is 24.2 Å². The maximum Gasteiger partial charge on any atom is 0.341 e. The molecule has 0 aliphatic rings. The summed E-state index contributed by atoms with van der Waals surface area (Å²) in [6.07, 6.45) is 0.0603. The third-order valence-electron chi connectivity index (χ3n) is 4.01. The molecule has 27 heavy (non-hydrogen) atoms. The molecule has 0 amide bonds. The van der Waals surface area contributed by atoms with E-state index in [-0.39, 0.29) is 6.04 Å². The van der Waals surface area contributed by atoms with E-state index in [1.54, 1.807) is 18.2 Å². The maximum atomic E-state index is 10.6. The minimum atomic E-state index is -1.04. The summed E-state index contributed by atoms with van der Waals surface area (Å²) in [6, 6.07) is 12.7. The maximum absolute atomic E-state index is 10.6. The van der Waals surface area contributed by atoms with Crippen molar-refractivity contribution in [2.75, 3.05) is 20.3 Å². The molecule has 2 unspecified atom stereocenters. The first-order valence-corrected chi connectivity index (χ1v) is 8.95. The highest BCUT2D eigenvalue weighted by Gasteiger charge is 2.12. The van der Waals surface area contributed by atoms with E-state index in [4.69, 9.17) is 26.2 Å². The fourth-order valence-electron chi connectivity index (χ4n) is 2.67. The number of halogens is 1. The van der Waals surface area contributed by atoms with Gasteiger partial charge in [-0.25, -0.2) is 4.79 Å². The zero-order valence-electron chi connectivity index (χ0n) is 15.3. The molecule has 2 aromatic rings. The molecule has 7 heteroatoms. The van der Waals surface area contributed by atoms with E-state index in [0.29, 0.717) is 29.5 Å². The first-order chi connectivity index (χ1) is 12.9. The Kier molecular flexibility index (Phi) is 7.91. The Morgan fingerprint density at radius 1 is 1.22 bits per heavy atom. The van der Waals surface area contributed by atoms with Crippen LogP contribution in [0.2, 0.25) is 5.02 Å². The molecular formula is C20H24ClNO5. The summed E-state index contributed by atoms with van der Waals surface area (Å²) in [6.45, 7) is 2.00. The Morgan fingerprint density at radius 2 is 2.00 bits per heavy atom. The largest absolute Gasteiger partial charge is 0.493 e. The number of aliphatic hydroxyl groups is 1. The van der Waals surface area contributed by atoms with Crippen LogP contribution >= 0.6 is 11.6 Å². The SMILES string of the molecule is COc1cc(CC(C)NCC(O)c2cccc(Cl)c2)ccc1OCC(=O)O. The predicted octanol–water partition coefficient (Wildman–Crippen LogP) is 3.07. The lowest BCUT2D eigenvalue weighted by atomic mass is 10.1. The molecule has 2 aromatic carbocycles. The van der Waals surface area contributed by atoms with Gasteiger partial charge < -0.3 is 25.0 Å². The molecule has 2 rings (SSSR count). The van der Waals surface area contributed by atoms with Crippen molar-refractivity contribution in [2.45, 2.75) is 25.5 Å². The number of carbonyl (C=O) groups is 1. The van der Waals surface area contributed by atoms with Crippen LogP contribution in [0, 0.1) is 0 Å². The zero-order valence-corrected chi connectivity index (χ0v) is 16.1. The molecule has 0 fully saturated rings. The average Bonchev–Trinajstić information content (AvgIpc) is 2.64. The summed E-state index contributed by atoms with van der Waals surface area (Å²) in [5, 5.41) is 22.9. The van der Waals surface area contributed by atoms with E-state index in [1.165, 1.54) is 7.11 Å². The van der Waals surface area contributed by atoms with Gasteiger partial charge >= 0.3 is 5.97 Å². The van der Waals surface area contributed by atoms with Crippen molar-refractivity contribution in [3.63, 3.8) is 0 Å². The number of rotatable bonds is 10. The number of hydrogen-bond acceptors (Lipinski definition) is 5. The van der Waals surface area contributed by atoms with Crippen LogP contribution in [0.5, 0.6) is 11.5 Å². The van der Waals surface area contributed by atoms with Crippen molar-refractivity contribution in [3.8, 4) is 11.5 Å². The quantitative estimate of drug-likeness (QED) is 0.575. The molecule has 0 saturated carbocycles. The van der Waals surface area contributed by atoms with Crippen molar-refractivity contribution in [2.24, 2.45) is 0 Å². The fraction of sp³-hybridized carbons (Fsp3) is 0.350. The molecule has 0 saturated heterocycles. The summed E-state index contributed by atoms with van der Waals surface area (Å²) in [5.74, 6) is -0.169. The van der Waals surface area contributed by atoms with Gasteiger partial charge in [-0.1, -0.05) is 29.8 Å². The number of nitrogens with one attached hydrogen (secondary N) is 1. The van der Waals surface area contributed by atoms with Gasteiger partial charge in [-0.2, -0.15) is 0 Å². The number of benzene rings is 2. The van der Waals surface area contributed by atoms with Gasteiger partial charge in [0.2, 0.25) is 0 Å².